The Labute approximate surface area is 205 Å². The maximum Gasteiger partial charge on any atom is 0.337 e. The fraction of sp³-hybridized carbons (Fsp3) is 0.321. The zero-order valence-corrected chi connectivity index (χ0v) is 20.2. The van der Waals surface area contributed by atoms with E-state index in [1.54, 1.807) is 6.07 Å². The lowest BCUT2D eigenvalue weighted by Crippen LogP contribution is -2.27. The van der Waals surface area contributed by atoms with Gasteiger partial charge in [-0.1, -0.05) is 26.8 Å². The van der Waals surface area contributed by atoms with Crippen LogP contribution < -0.4 is 9.64 Å². The third-order valence-electron chi connectivity index (χ3n) is 6.11. The van der Waals surface area contributed by atoms with E-state index in [0.29, 0.717) is 17.9 Å². The monoisotopic (exact) mass is 474 g/mol. The van der Waals surface area contributed by atoms with E-state index in [2.05, 4.69) is 31.8 Å². The molecule has 1 aliphatic rings. The summed E-state index contributed by atoms with van der Waals surface area (Å²) in [5.41, 5.74) is 5.11. The molecule has 4 rings (SSSR count). The topological polar surface area (TPSA) is 100.0 Å². The largest absolute Gasteiger partial charge is 0.491 e. The highest BCUT2D eigenvalue weighted by Crippen LogP contribution is 2.40. The summed E-state index contributed by atoms with van der Waals surface area (Å²) in [7, 11) is 0. The number of pyridine rings is 1. The van der Waals surface area contributed by atoms with Crippen LogP contribution in [0.15, 0.2) is 54.7 Å². The minimum atomic E-state index is -1.02. The van der Waals surface area contributed by atoms with E-state index in [-0.39, 0.29) is 30.1 Å². The lowest BCUT2D eigenvalue weighted by atomic mass is 9.83. The average molecular weight is 475 g/mol. The first-order valence-electron chi connectivity index (χ1n) is 11.7. The number of aliphatic hydroxyl groups is 1. The van der Waals surface area contributed by atoms with Gasteiger partial charge >= 0.3 is 5.97 Å². The summed E-state index contributed by atoms with van der Waals surface area (Å²) in [6.45, 7) is 7.16. The van der Waals surface area contributed by atoms with Crippen LogP contribution in [0.25, 0.3) is 22.4 Å². The fourth-order valence-corrected chi connectivity index (χ4v) is 4.33. The molecule has 2 aromatic carbocycles. The Morgan fingerprint density at radius 1 is 1.09 bits per heavy atom. The van der Waals surface area contributed by atoms with Crippen LogP contribution in [0, 0.1) is 0 Å². The van der Waals surface area contributed by atoms with Gasteiger partial charge in [-0.05, 0) is 65.4 Å². The number of aromatic carboxylic acids is 1. The summed E-state index contributed by atoms with van der Waals surface area (Å²) in [6, 6.07) is 15.0. The number of carbonyl (C=O) groups is 2. The third-order valence-corrected chi connectivity index (χ3v) is 6.11. The number of aliphatic hydroxyl groups excluding tert-OH is 1. The summed E-state index contributed by atoms with van der Waals surface area (Å²) < 4.78 is 5.84. The van der Waals surface area contributed by atoms with Crippen LogP contribution in [0.2, 0.25) is 0 Å². The Kier molecular flexibility index (Phi) is 6.89. The van der Waals surface area contributed by atoms with Gasteiger partial charge in [-0.2, -0.15) is 0 Å². The number of carbonyl (C=O) groups excluding carboxylic acids is 1. The molecule has 0 unspecified atom stereocenters. The number of benzene rings is 2. The quantitative estimate of drug-likeness (QED) is 0.505. The van der Waals surface area contributed by atoms with Crippen LogP contribution in [-0.2, 0) is 10.2 Å². The van der Waals surface area contributed by atoms with Crippen LogP contribution >= 0.6 is 0 Å². The summed E-state index contributed by atoms with van der Waals surface area (Å²) in [5.74, 6) is -0.258. The van der Waals surface area contributed by atoms with Gasteiger partial charge in [0.2, 0.25) is 5.91 Å². The first-order valence-corrected chi connectivity index (χ1v) is 11.7. The Morgan fingerprint density at radius 3 is 2.46 bits per heavy atom. The molecule has 0 saturated carbocycles. The number of aromatic nitrogens is 1. The molecule has 35 heavy (non-hydrogen) atoms. The second kappa shape index (κ2) is 9.88. The highest BCUT2D eigenvalue weighted by Gasteiger charge is 2.28. The van der Waals surface area contributed by atoms with Crippen molar-refractivity contribution < 1.29 is 24.5 Å². The molecule has 0 spiro atoms. The number of rotatable bonds is 7. The molecular formula is C28H30N2O5. The molecule has 1 amide bonds. The molecule has 182 valence electrons. The smallest absolute Gasteiger partial charge is 0.337 e. The van der Waals surface area contributed by atoms with Gasteiger partial charge in [0.15, 0.2) is 0 Å². The van der Waals surface area contributed by atoms with Gasteiger partial charge in [0.1, 0.15) is 12.4 Å². The van der Waals surface area contributed by atoms with Gasteiger partial charge in [-0.15, -0.1) is 0 Å². The molecule has 3 aromatic rings. The molecule has 0 bridgehead atoms. The van der Waals surface area contributed by atoms with Gasteiger partial charge in [0, 0.05) is 36.0 Å². The first-order chi connectivity index (χ1) is 16.7. The molecule has 1 aromatic heterocycles. The summed E-state index contributed by atoms with van der Waals surface area (Å²) in [6.07, 6.45) is 2.77. The predicted molar refractivity (Wildman–Crippen MR) is 135 cm³/mol. The van der Waals surface area contributed by atoms with E-state index < -0.39 is 5.97 Å². The second-order valence-electron chi connectivity index (χ2n) is 9.65. The molecule has 2 N–H and O–H groups in total. The van der Waals surface area contributed by atoms with Crippen molar-refractivity contribution in [3.63, 3.8) is 0 Å². The van der Waals surface area contributed by atoms with Gasteiger partial charge in [-0.25, -0.2) is 4.79 Å². The molecule has 0 radical (unpaired) electrons. The van der Waals surface area contributed by atoms with E-state index >= 15 is 0 Å². The summed E-state index contributed by atoms with van der Waals surface area (Å²) in [4.78, 5) is 29.9. The van der Waals surface area contributed by atoms with Crippen LogP contribution in [0.1, 0.15) is 49.5 Å². The van der Waals surface area contributed by atoms with Crippen molar-refractivity contribution >= 4 is 17.6 Å². The maximum absolute atomic E-state index is 12.5. The number of nitrogens with zero attached hydrogens (tertiary/aromatic N) is 2. The summed E-state index contributed by atoms with van der Waals surface area (Å²) in [5, 5.41) is 18.5. The van der Waals surface area contributed by atoms with Crippen molar-refractivity contribution in [1.29, 1.82) is 0 Å². The number of ether oxygens (including phenoxy) is 1. The normalized spacial score (nSPS) is 13.8. The van der Waals surface area contributed by atoms with E-state index in [1.807, 2.05) is 35.2 Å². The Balaban J connectivity index is 1.82. The van der Waals surface area contributed by atoms with Crippen LogP contribution in [0.3, 0.4) is 0 Å². The zero-order valence-electron chi connectivity index (χ0n) is 20.2. The maximum atomic E-state index is 12.5. The number of amides is 1. The Morgan fingerprint density at radius 2 is 1.86 bits per heavy atom. The molecule has 7 heteroatoms. The van der Waals surface area contributed by atoms with Crippen molar-refractivity contribution in [3.05, 3.63) is 65.9 Å². The average Bonchev–Trinajstić information content (AvgIpc) is 3.27. The number of carboxylic acid groups (broad SMARTS) is 1. The van der Waals surface area contributed by atoms with E-state index in [9.17, 15) is 14.7 Å². The third kappa shape index (κ3) is 5.20. The lowest BCUT2D eigenvalue weighted by molar-refractivity contribution is -0.117. The van der Waals surface area contributed by atoms with Crippen molar-refractivity contribution in [1.82, 2.24) is 4.98 Å². The van der Waals surface area contributed by atoms with Crippen molar-refractivity contribution in [2.75, 3.05) is 24.7 Å². The predicted octanol–water partition coefficient (Wildman–Crippen LogP) is 4.91. The summed E-state index contributed by atoms with van der Waals surface area (Å²) >= 11 is 0. The number of hydrogen-bond donors (Lipinski definition) is 2. The van der Waals surface area contributed by atoms with Gasteiger partial charge < -0.3 is 19.8 Å². The van der Waals surface area contributed by atoms with E-state index in [4.69, 9.17) is 9.84 Å². The number of carboxylic acids is 1. The SMILES string of the molecule is CC(C)(C)c1cc(-c2cc(-c3ccc(C(=O)O)cn3)ccc2OCCO)ccc1N1CCCC1=O. The first kappa shape index (κ1) is 24.4. The van der Waals surface area contributed by atoms with Crippen LogP contribution in [0.5, 0.6) is 5.75 Å². The van der Waals surface area contributed by atoms with E-state index in [1.165, 1.54) is 12.3 Å². The molecule has 1 aliphatic heterocycles. The second-order valence-corrected chi connectivity index (χ2v) is 9.65. The van der Waals surface area contributed by atoms with Gasteiger partial charge in [-0.3, -0.25) is 9.78 Å². The van der Waals surface area contributed by atoms with Crippen LogP contribution in [0.4, 0.5) is 5.69 Å². The number of anilines is 1. The molecular weight excluding hydrogens is 444 g/mol. The minimum absolute atomic E-state index is 0.108. The molecule has 0 atom stereocenters. The molecule has 7 nitrogen and oxygen atoms in total. The van der Waals surface area contributed by atoms with Gasteiger partial charge in [0.05, 0.1) is 17.9 Å². The van der Waals surface area contributed by atoms with Crippen LogP contribution in [-0.4, -0.2) is 46.8 Å². The molecule has 2 heterocycles. The standard InChI is InChI=1S/C28H30N2O5/c1-28(2,3)22-16-18(7-10-24(22)30-12-4-5-26(30)32)21-15-19(8-11-25(21)35-14-13-31)23-9-6-20(17-29-23)27(33)34/h6-11,15-17,31H,4-5,12-14H2,1-3H3,(H,33,34). The molecule has 0 aliphatic carbocycles. The highest BCUT2D eigenvalue weighted by atomic mass is 16.5. The minimum Gasteiger partial charge on any atom is -0.491 e. The molecule has 1 fully saturated rings. The zero-order chi connectivity index (χ0) is 25.2. The van der Waals surface area contributed by atoms with E-state index in [0.717, 1.165) is 40.9 Å². The van der Waals surface area contributed by atoms with Crippen molar-refractivity contribution in [2.24, 2.45) is 0 Å². The lowest BCUT2D eigenvalue weighted by Gasteiger charge is -2.28. The van der Waals surface area contributed by atoms with Crippen molar-refractivity contribution in [2.45, 2.75) is 39.0 Å². The molecule has 1 saturated heterocycles. The van der Waals surface area contributed by atoms with Gasteiger partial charge in [0.25, 0.3) is 0 Å². The number of hydrogen-bond acceptors (Lipinski definition) is 5. The van der Waals surface area contributed by atoms with Crippen molar-refractivity contribution in [3.8, 4) is 28.1 Å². The fourth-order valence-electron chi connectivity index (χ4n) is 4.33. The Bertz CT molecular complexity index is 1250. The Hall–Kier alpha value is -3.71. The highest BCUT2D eigenvalue weighted by molar-refractivity contribution is 5.97.